The van der Waals surface area contributed by atoms with Crippen molar-refractivity contribution >= 4 is 6.09 Å². The van der Waals surface area contributed by atoms with Gasteiger partial charge in [0.1, 0.15) is 23.8 Å². The first-order chi connectivity index (χ1) is 8.78. The third kappa shape index (κ3) is 6.08. The molecule has 1 rings (SSSR count). The fourth-order valence-electron chi connectivity index (χ4n) is 1.29. The van der Waals surface area contributed by atoms with E-state index in [1.807, 2.05) is 20.8 Å². The first kappa shape index (κ1) is 15.3. The van der Waals surface area contributed by atoms with Crippen molar-refractivity contribution in [1.82, 2.24) is 4.90 Å². The quantitative estimate of drug-likeness (QED) is 0.843. The number of carbonyl (C=O) groups is 1. The predicted molar refractivity (Wildman–Crippen MR) is 70.8 cm³/mol. The molecular formula is C14H20FNO3. The maximum Gasteiger partial charge on any atom is 0.410 e. The number of hydrogen-bond acceptors (Lipinski definition) is 3. The topological polar surface area (TPSA) is 38.8 Å². The zero-order valence-corrected chi connectivity index (χ0v) is 11.8. The molecule has 0 heterocycles. The predicted octanol–water partition coefficient (Wildman–Crippen LogP) is 3.07. The summed E-state index contributed by atoms with van der Waals surface area (Å²) < 4.78 is 23.4. The SMILES string of the molecule is CN(CCOc1cccc(F)c1)C(=O)OC(C)(C)C. The number of likely N-dealkylation sites (N-methyl/N-ethyl adjacent to an activating group) is 1. The molecule has 0 saturated heterocycles. The lowest BCUT2D eigenvalue weighted by Gasteiger charge is -2.24. The average molecular weight is 269 g/mol. The Labute approximate surface area is 113 Å². The van der Waals surface area contributed by atoms with E-state index in [1.165, 1.54) is 17.0 Å². The molecule has 0 aromatic heterocycles. The van der Waals surface area contributed by atoms with Crippen molar-refractivity contribution in [2.75, 3.05) is 20.2 Å². The van der Waals surface area contributed by atoms with Crippen LogP contribution in [0.1, 0.15) is 20.8 Å². The Bertz CT molecular complexity index is 429. The van der Waals surface area contributed by atoms with Crippen LogP contribution in [0.3, 0.4) is 0 Å². The van der Waals surface area contributed by atoms with Crippen LogP contribution in [0.5, 0.6) is 5.75 Å². The highest BCUT2D eigenvalue weighted by atomic mass is 19.1. The zero-order valence-electron chi connectivity index (χ0n) is 11.8. The lowest BCUT2D eigenvalue weighted by Crippen LogP contribution is -2.36. The molecule has 0 bridgehead atoms. The van der Waals surface area contributed by atoms with Crippen LogP contribution in [0, 0.1) is 5.82 Å². The second-order valence-corrected chi connectivity index (χ2v) is 5.21. The molecule has 0 unspecified atom stereocenters. The molecule has 0 aliphatic heterocycles. The third-order valence-corrected chi connectivity index (χ3v) is 2.20. The number of amides is 1. The number of hydrogen-bond donors (Lipinski definition) is 0. The summed E-state index contributed by atoms with van der Waals surface area (Å²) in [5.41, 5.74) is -0.519. The van der Waals surface area contributed by atoms with Gasteiger partial charge < -0.3 is 14.4 Å². The number of halogens is 1. The average Bonchev–Trinajstić information content (AvgIpc) is 2.26. The van der Waals surface area contributed by atoms with Crippen molar-refractivity contribution < 1.29 is 18.7 Å². The molecule has 0 fully saturated rings. The fourth-order valence-corrected chi connectivity index (χ4v) is 1.29. The van der Waals surface area contributed by atoms with Crippen molar-refractivity contribution in [2.45, 2.75) is 26.4 Å². The van der Waals surface area contributed by atoms with Crippen LogP contribution in [-0.4, -0.2) is 36.8 Å². The number of nitrogens with zero attached hydrogens (tertiary/aromatic N) is 1. The Morgan fingerprint density at radius 1 is 1.37 bits per heavy atom. The lowest BCUT2D eigenvalue weighted by molar-refractivity contribution is 0.0278. The van der Waals surface area contributed by atoms with E-state index >= 15 is 0 Å². The first-order valence-corrected chi connectivity index (χ1v) is 6.10. The highest BCUT2D eigenvalue weighted by molar-refractivity contribution is 5.67. The van der Waals surface area contributed by atoms with Gasteiger partial charge in [0.15, 0.2) is 0 Å². The van der Waals surface area contributed by atoms with Crippen LogP contribution in [0.15, 0.2) is 24.3 Å². The molecule has 1 aromatic rings. The summed E-state index contributed by atoms with van der Waals surface area (Å²) in [5.74, 6) is 0.0931. The monoisotopic (exact) mass is 269 g/mol. The van der Waals surface area contributed by atoms with Gasteiger partial charge in [0.05, 0.1) is 6.54 Å². The molecular weight excluding hydrogens is 249 g/mol. The summed E-state index contributed by atoms with van der Waals surface area (Å²) in [5, 5.41) is 0. The van der Waals surface area contributed by atoms with E-state index in [-0.39, 0.29) is 12.4 Å². The molecule has 0 spiro atoms. The minimum atomic E-state index is -0.519. The van der Waals surface area contributed by atoms with Crippen LogP contribution < -0.4 is 4.74 Å². The van der Waals surface area contributed by atoms with Crippen LogP contribution >= 0.6 is 0 Å². The van der Waals surface area contributed by atoms with Gasteiger partial charge in [-0.15, -0.1) is 0 Å². The molecule has 0 aliphatic carbocycles. The summed E-state index contributed by atoms with van der Waals surface area (Å²) in [6.45, 7) is 6.07. The van der Waals surface area contributed by atoms with Gasteiger partial charge in [-0.3, -0.25) is 0 Å². The van der Waals surface area contributed by atoms with Crippen LogP contribution in [0.25, 0.3) is 0 Å². The maximum atomic E-state index is 12.9. The van der Waals surface area contributed by atoms with Gasteiger partial charge in [-0.2, -0.15) is 0 Å². The lowest BCUT2D eigenvalue weighted by atomic mass is 10.2. The summed E-state index contributed by atoms with van der Waals surface area (Å²) in [7, 11) is 1.63. The van der Waals surface area contributed by atoms with Gasteiger partial charge in [-0.05, 0) is 32.9 Å². The molecule has 0 N–H and O–H groups in total. The zero-order chi connectivity index (χ0) is 14.5. The molecule has 106 valence electrons. The summed E-state index contributed by atoms with van der Waals surface area (Å²) in [4.78, 5) is 13.1. The molecule has 1 aromatic carbocycles. The van der Waals surface area contributed by atoms with E-state index in [0.29, 0.717) is 12.3 Å². The van der Waals surface area contributed by atoms with Gasteiger partial charge in [0.2, 0.25) is 0 Å². The van der Waals surface area contributed by atoms with E-state index in [4.69, 9.17) is 9.47 Å². The number of ether oxygens (including phenoxy) is 2. The normalized spacial score (nSPS) is 11.0. The Hall–Kier alpha value is -1.78. The van der Waals surface area contributed by atoms with Gasteiger partial charge in [0, 0.05) is 13.1 Å². The third-order valence-electron chi connectivity index (χ3n) is 2.20. The van der Waals surface area contributed by atoms with E-state index in [2.05, 4.69) is 0 Å². The Morgan fingerprint density at radius 3 is 2.63 bits per heavy atom. The summed E-state index contributed by atoms with van der Waals surface area (Å²) in [6.07, 6.45) is -0.407. The maximum absolute atomic E-state index is 12.9. The Balaban J connectivity index is 2.34. The largest absolute Gasteiger partial charge is 0.492 e. The van der Waals surface area contributed by atoms with Crippen molar-refractivity contribution in [1.29, 1.82) is 0 Å². The fraction of sp³-hybridized carbons (Fsp3) is 0.500. The van der Waals surface area contributed by atoms with Gasteiger partial charge in [0.25, 0.3) is 0 Å². The van der Waals surface area contributed by atoms with Crippen molar-refractivity contribution in [3.8, 4) is 5.75 Å². The minimum absolute atomic E-state index is 0.277. The smallest absolute Gasteiger partial charge is 0.410 e. The molecule has 5 heteroatoms. The molecule has 0 saturated carbocycles. The number of benzene rings is 1. The summed E-state index contributed by atoms with van der Waals surface area (Å²) >= 11 is 0. The second-order valence-electron chi connectivity index (χ2n) is 5.21. The molecule has 4 nitrogen and oxygen atoms in total. The molecule has 1 amide bonds. The van der Waals surface area contributed by atoms with E-state index in [9.17, 15) is 9.18 Å². The van der Waals surface area contributed by atoms with E-state index in [1.54, 1.807) is 19.2 Å². The van der Waals surface area contributed by atoms with Crippen molar-refractivity contribution in [2.24, 2.45) is 0 Å². The molecule has 0 aliphatic rings. The van der Waals surface area contributed by atoms with Crippen LogP contribution in [0.4, 0.5) is 9.18 Å². The van der Waals surface area contributed by atoms with E-state index in [0.717, 1.165) is 0 Å². The minimum Gasteiger partial charge on any atom is -0.492 e. The first-order valence-electron chi connectivity index (χ1n) is 6.10. The highest BCUT2D eigenvalue weighted by Crippen LogP contribution is 2.12. The van der Waals surface area contributed by atoms with Gasteiger partial charge in [-0.1, -0.05) is 6.07 Å². The van der Waals surface area contributed by atoms with E-state index < -0.39 is 11.7 Å². The Kier molecular flexibility index (Phi) is 5.15. The second kappa shape index (κ2) is 6.41. The summed E-state index contributed by atoms with van der Waals surface area (Å²) in [6, 6.07) is 5.88. The van der Waals surface area contributed by atoms with Gasteiger partial charge in [-0.25, -0.2) is 9.18 Å². The highest BCUT2D eigenvalue weighted by Gasteiger charge is 2.19. The van der Waals surface area contributed by atoms with Crippen molar-refractivity contribution in [3.05, 3.63) is 30.1 Å². The van der Waals surface area contributed by atoms with Gasteiger partial charge >= 0.3 is 6.09 Å². The van der Waals surface area contributed by atoms with Crippen LogP contribution in [-0.2, 0) is 4.74 Å². The molecule has 0 atom stereocenters. The van der Waals surface area contributed by atoms with Crippen molar-refractivity contribution in [3.63, 3.8) is 0 Å². The number of rotatable bonds is 4. The molecule has 19 heavy (non-hydrogen) atoms. The number of carbonyl (C=O) groups excluding carboxylic acids is 1. The Morgan fingerprint density at radius 2 is 2.05 bits per heavy atom. The molecule has 0 radical (unpaired) electrons. The van der Waals surface area contributed by atoms with Crippen LogP contribution in [0.2, 0.25) is 0 Å². The standard InChI is InChI=1S/C14H20FNO3/c1-14(2,3)19-13(17)16(4)8-9-18-12-7-5-6-11(15)10-12/h5-7,10H,8-9H2,1-4H3.